The van der Waals surface area contributed by atoms with E-state index in [0.29, 0.717) is 37.3 Å². The number of benzene rings is 2. The van der Waals surface area contributed by atoms with Crippen molar-refractivity contribution in [3.05, 3.63) is 99.5 Å². The van der Waals surface area contributed by atoms with Crippen LogP contribution >= 0.6 is 0 Å². The number of aliphatic hydroxyl groups is 1. The van der Waals surface area contributed by atoms with Gasteiger partial charge < -0.3 is 20.1 Å². The topological polar surface area (TPSA) is 114 Å². The van der Waals surface area contributed by atoms with E-state index in [1.54, 1.807) is 16.7 Å². The summed E-state index contributed by atoms with van der Waals surface area (Å²) in [7, 11) is 0. The van der Waals surface area contributed by atoms with Crippen LogP contribution in [-0.4, -0.2) is 50.8 Å². The van der Waals surface area contributed by atoms with Crippen LogP contribution in [0.2, 0.25) is 0 Å². The first-order valence-electron chi connectivity index (χ1n) is 13.1. The van der Waals surface area contributed by atoms with E-state index in [4.69, 9.17) is 4.74 Å². The number of amides is 2. The van der Waals surface area contributed by atoms with Crippen LogP contribution in [0, 0.1) is 5.82 Å². The van der Waals surface area contributed by atoms with Gasteiger partial charge in [-0.3, -0.25) is 14.2 Å². The molecule has 0 radical (unpaired) electrons. The zero-order valence-corrected chi connectivity index (χ0v) is 21.5. The van der Waals surface area contributed by atoms with Gasteiger partial charge in [-0.15, -0.1) is 0 Å². The third-order valence-corrected chi connectivity index (χ3v) is 7.63. The number of halogens is 1. The smallest absolute Gasteiger partial charge is 0.410 e. The molecular weight excluding hydrogens is 503 g/mol. The number of hydrogen-bond donors (Lipinski definition) is 2. The molecule has 2 aliphatic heterocycles. The zero-order chi connectivity index (χ0) is 27.4. The maximum absolute atomic E-state index is 13.2. The number of piperidine rings is 1. The summed E-state index contributed by atoms with van der Waals surface area (Å²) in [4.78, 5) is 44.9. The Labute approximate surface area is 225 Å². The van der Waals surface area contributed by atoms with Gasteiger partial charge in [-0.2, -0.15) is 0 Å². The van der Waals surface area contributed by atoms with Gasteiger partial charge in [-0.05, 0) is 42.5 Å². The molecule has 2 atom stereocenters. The van der Waals surface area contributed by atoms with Crippen LogP contribution in [0.15, 0.2) is 65.5 Å². The Morgan fingerprint density at radius 1 is 1.05 bits per heavy atom. The molecule has 3 heterocycles. The summed E-state index contributed by atoms with van der Waals surface area (Å²) in [6, 6.07) is 16.3. The number of carbonyl (C=O) groups is 2. The minimum absolute atomic E-state index is 0.0322. The van der Waals surface area contributed by atoms with Crippen molar-refractivity contribution in [3.63, 3.8) is 0 Å². The first-order chi connectivity index (χ1) is 18.9. The molecule has 0 bridgehead atoms. The van der Waals surface area contributed by atoms with Gasteiger partial charge in [-0.1, -0.05) is 48.9 Å². The molecule has 204 valence electrons. The molecule has 5 rings (SSSR count). The third-order valence-electron chi connectivity index (χ3n) is 7.63. The average molecular weight is 535 g/mol. The van der Waals surface area contributed by atoms with Crippen LogP contribution < -0.4 is 10.9 Å². The van der Waals surface area contributed by atoms with Crippen molar-refractivity contribution in [3.8, 4) is 0 Å². The Hall–Kier alpha value is -4.05. The second-order valence-electron chi connectivity index (χ2n) is 10.1. The molecule has 1 aromatic heterocycles. The number of fused-ring (bicyclic) bond motifs is 2. The van der Waals surface area contributed by atoms with Crippen LogP contribution in [0.3, 0.4) is 0 Å². The lowest BCUT2D eigenvalue weighted by Crippen LogP contribution is -2.56. The first-order valence-corrected chi connectivity index (χ1v) is 13.1. The van der Waals surface area contributed by atoms with Crippen molar-refractivity contribution in [1.82, 2.24) is 19.8 Å². The molecule has 3 aromatic rings. The maximum Gasteiger partial charge on any atom is 0.410 e. The molecule has 2 unspecified atom stereocenters. The molecule has 39 heavy (non-hydrogen) atoms. The molecule has 1 fully saturated rings. The van der Waals surface area contributed by atoms with E-state index in [1.165, 1.54) is 23.1 Å². The molecule has 0 saturated carbocycles. The number of hydrogen-bond acceptors (Lipinski definition) is 6. The summed E-state index contributed by atoms with van der Waals surface area (Å²) >= 11 is 0. The van der Waals surface area contributed by atoms with Gasteiger partial charge in [-0.25, -0.2) is 14.2 Å². The minimum Gasteiger partial charge on any atom is -0.445 e. The zero-order valence-electron chi connectivity index (χ0n) is 21.5. The van der Waals surface area contributed by atoms with Crippen LogP contribution in [0.1, 0.15) is 53.1 Å². The molecule has 0 aliphatic carbocycles. The number of carbonyl (C=O) groups excluding carboxylic acids is 2. The van der Waals surface area contributed by atoms with Crippen molar-refractivity contribution in [1.29, 1.82) is 0 Å². The Morgan fingerprint density at radius 3 is 2.56 bits per heavy atom. The summed E-state index contributed by atoms with van der Waals surface area (Å²) < 4.78 is 20.2. The van der Waals surface area contributed by atoms with E-state index in [0.717, 1.165) is 18.4 Å². The molecule has 1 saturated heterocycles. The normalized spacial score (nSPS) is 20.7. The largest absolute Gasteiger partial charge is 0.445 e. The van der Waals surface area contributed by atoms with Crippen molar-refractivity contribution in [2.24, 2.45) is 0 Å². The van der Waals surface area contributed by atoms with Crippen molar-refractivity contribution in [2.45, 2.75) is 56.9 Å². The van der Waals surface area contributed by atoms with Gasteiger partial charge in [0.05, 0.1) is 18.1 Å². The third kappa shape index (κ3) is 5.70. The number of aliphatic hydroxyl groups excluding tert-OH is 1. The second kappa shape index (κ2) is 11.4. The molecule has 10 heteroatoms. The number of rotatable bonds is 5. The summed E-state index contributed by atoms with van der Waals surface area (Å²) in [5, 5.41) is 14.2. The minimum atomic E-state index is -0.996. The Morgan fingerprint density at radius 2 is 1.82 bits per heavy atom. The van der Waals surface area contributed by atoms with Crippen molar-refractivity contribution < 1.29 is 23.8 Å². The average Bonchev–Trinajstić information content (AvgIpc) is 3.14. The van der Waals surface area contributed by atoms with Gasteiger partial charge in [0.15, 0.2) is 0 Å². The van der Waals surface area contributed by atoms with Gasteiger partial charge in [0.1, 0.15) is 23.9 Å². The van der Waals surface area contributed by atoms with E-state index in [9.17, 15) is 23.9 Å². The monoisotopic (exact) mass is 534 g/mol. The van der Waals surface area contributed by atoms with E-state index < -0.39 is 23.5 Å². The predicted octanol–water partition coefficient (Wildman–Crippen LogP) is 3.14. The summed E-state index contributed by atoms with van der Waals surface area (Å²) in [5.74, 6) is -0.523. The fourth-order valence-corrected chi connectivity index (χ4v) is 5.42. The van der Waals surface area contributed by atoms with E-state index in [-0.39, 0.29) is 36.8 Å². The number of ether oxygens (including phenoxy) is 1. The number of aromatic nitrogens is 2. The first kappa shape index (κ1) is 26.6. The lowest BCUT2D eigenvalue weighted by molar-refractivity contribution is -0.0121. The van der Waals surface area contributed by atoms with Gasteiger partial charge in [0.2, 0.25) is 0 Å². The van der Waals surface area contributed by atoms with Crippen LogP contribution in [-0.2, 0) is 29.8 Å². The molecule has 9 nitrogen and oxygen atoms in total. The van der Waals surface area contributed by atoms with E-state index in [1.807, 2.05) is 30.3 Å². The highest BCUT2D eigenvalue weighted by molar-refractivity contribution is 5.92. The van der Waals surface area contributed by atoms with Gasteiger partial charge in [0, 0.05) is 25.7 Å². The highest BCUT2D eigenvalue weighted by Crippen LogP contribution is 2.41. The molecule has 1 spiro atoms. The maximum atomic E-state index is 13.2. The summed E-state index contributed by atoms with van der Waals surface area (Å²) in [6.07, 6.45) is 0.951. The Balaban J connectivity index is 1.34. The second-order valence-corrected chi connectivity index (χ2v) is 10.1. The fraction of sp³-hybridized carbons (Fsp3) is 0.379. The standard InChI is InChI=1S/C29H31FN4O5/c30-22-10-8-20(9-11-22)17-31-26(37)23-16-25(36)34-14-5-4-12-29(27(34)32-23)13-15-33(18-24(29)35)28(38)39-19-21-6-2-1-3-7-21/h1-3,6-11,16,24,35H,4-5,12-15,17-19H2,(H,31,37). The van der Waals surface area contributed by atoms with Crippen molar-refractivity contribution in [2.75, 3.05) is 13.1 Å². The Bertz CT molecular complexity index is 1400. The Kier molecular flexibility index (Phi) is 7.74. The predicted molar refractivity (Wildman–Crippen MR) is 140 cm³/mol. The quantitative estimate of drug-likeness (QED) is 0.520. The summed E-state index contributed by atoms with van der Waals surface area (Å²) in [5.41, 5.74) is 0.303. The fourth-order valence-electron chi connectivity index (χ4n) is 5.42. The SMILES string of the molecule is O=C(NCc1ccc(F)cc1)c1cc(=O)n2c(n1)C1(CCCC2)CCN(C(=O)OCc2ccccc2)CC1O. The molecule has 2 aliphatic rings. The van der Waals surface area contributed by atoms with E-state index in [2.05, 4.69) is 10.3 Å². The molecule has 2 N–H and O–H groups in total. The van der Waals surface area contributed by atoms with Crippen LogP contribution in [0.5, 0.6) is 0 Å². The number of β-amino-alcohol motifs (C(OH)–C–C–N with tert-alkyl or cyclic N) is 1. The lowest BCUT2D eigenvalue weighted by Gasteiger charge is -2.44. The van der Waals surface area contributed by atoms with Gasteiger partial charge >= 0.3 is 6.09 Å². The number of nitrogens with one attached hydrogen (secondary N) is 1. The van der Waals surface area contributed by atoms with Gasteiger partial charge in [0.25, 0.3) is 11.5 Å². The molecule has 2 amide bonds. The van der Waals surface area contributed by atoms with Crippen LogP contribution in [0.25, 0.3) is 0 Å². The van der Waals surface area contributed by atoms with Crippen LogP contribution in [0.4, 0.5) is 9.18 Å². The molecular formula is C29H31FN4O5. The van der Waals surface area contributed by atoms with Crippen molar-refractivity contribution >= 4 is 12.0 Å². The number of likely N-dealkylation sites (tertiary alicyclic amines) is 1. The highest BCUT2D eigenvalue weighted by Gasteiger charge is 2.48. The molecule has 2 aromatic carbocycles. The number of nitrogens with zero attached hydrogens (tertiary/aromatic N) is 3. The summed E-state index contributed by atoms with van der Waals surface area (Å²) in [6.45, 7) is 1.07. The highest BCUT2D eigenvalue weighted by atomic mass is 19.1. The van der Waals surface area contributed by atoms with E-state index >= 15 is 0 Å². The lowest BCUT2D eigenvalue weighted by atomic mass is 9.72.